The van der Waals surface area contributed by atoms with Crippen molar-refractivity contribution in [2.24, 2.45) is 23.2 Å². The molecule has 3 aliphatic rings. The molecule has 1 fully saturated rings. The average Bonchev–Trinajstić information content (AvgIpc) is 3.18. The number of fused-ring (bicyclic) bond motifs is 5. The number of amides is 1. The molecule has 3 N–H and O–H groups in total. The standard InChI is InChI=1S/C31H52IN5OS/c1-10-30(4,5)27-20(2)16-23-28(35-27)37-19-22(17-31(37,6)7)14-15-24(21(3)18-32)33-25-12-11-13-26(34-25)39(8,9)36-29(23)38/h11-13,20-22,24,27,35H,10,14-19H2,1-9H3,(H,33,34)(H,36,38)/t20-,21+,22-,24?,27?/m0/s1. The number of pyridine rings is 1. The Bertz CT molecular complexity index is 1090. The second-order valence-corrected chi connectivity index (χ2v) is 18.2. The van der Waals surface area contributed by atoms with Gasteiger partial charge in [0.05, 0.1) is 10.6 Å². The molecular weight excluding hydrogens is 617 g/mol. The lowest BCUT2D eigenvalue weighted by molar-refractivity contribution is -0.116. The van der Waals surface area contributed by atoms with Crippen LogP contribution in [0.15, 0.2) is 34.6 Å². The Morgan fingerprint density at radius 1 is 1.23 bits per heavy atom. The van der Waals surface area contributed by atoms with Crippen molar-refractivity contribution in [1.82, 2.24) is 19.9 Å². The lowest BCUT2D eigenvalue weighted by atomic mass is 9.72. The topological polar surface area (TPSA) is 69.3 Å². The molecule has 8 heteroatoms. The van der Waals surface area contributed by atoms with E-state index in [9.17, 15) is 4.79 Å². The SMILES string of the molecule is CCC(C)(C)C1NC2=C(C[C@@H]1C)C(=O)NS(C)(C)c1cccc(n1)NC([C@H](C)CI)CC[C@@H]1CN2C(C)(C)C1. The summed E-state index contributed by atoms with van der Waals surface area (Å²) in [6.45, 7) is 17.4. The summed E-state index contributed by atoms with van der Waals surface area (Å²) >= 11 is 2.52. The van der Waals surface area contributed by atoms with Crippen molar-refractivity contribution in [1.29, 1.82) is 0 Å². The number of carbonyl (C=O) groups excluding carboxylic acids is 1. The molecule has 1 aromatic heterocycles. The van der Waals surface area contributed by atoms with E-state index in [0.717, 1.165) is 58.9 Å². The van der Waals surface area contributed by atoms with Crippen LogP contribution >= 0.6 is 32.8 Å². The minimum atomic E-state index is -1.66. The Hall–Kier alpha value is -1.16. The van der Waals surface area contributed by atoms with Gasteiger partial charge in [0.15, 0.2) is 0 Å². The van der Waals surface area contributed by atoms with Crippen LogP contribution in [0.25, 0.3) is 0 Å². The highest BCUT2D eigenvalue weighted by Gasteiger charge is 2.46. The Labute approximate surface area is 252 Å². The van der Waals surface area contributed by atoms with Crippen LogP contribution < -0.4 is 15.4 Å². The maximum absolute atomic E-state index is 14.2. The van der Waals surface area contributed by atoms with Gasteiger partial charge in [-0.05, 0) is 93.8 Å². The minimum Gasteiger partial charge on any atom is -0.368 e. The normalized spacial score (nSPS) is 30.6. The summed E-state index contributed by atoms with van der Waals surface area (Å²) < 4.78 is 4.59. The number of carbonyl (C=O) groups is 1. The number of hydrogen-bond donors (Lipinski definition) is 3. The number of alkyl halides is 1. The van der Waals surface area contributed by atoms with Gasteiger partial charge in [-0.3, -0.25) is 4.79 Å². The summed E-state index contributed by atoms with van der Waals surface area (Å²) in [6.07, 6.45) is 9.62. The van der Waals surface area contributed by atoms with Crippen molar-refractivity contribution in [2.45, 2.75) is 103 Å². The molecule has 0 radical (unpaired) electrons. The number of rotatable bonds is 4. The number of nitrogens with zero attached hydrogens (tertiary/aromatic N) is 2. The predicted molar refractivity (Wildman–Crippen MR) is 175 cm³/mol. The third-order valence-corrected chi connectivity index (χ3v) is 13.0. The number of hydrogen-bond acceptors (Lipinski definition) is 5. The van der Waals surface area contributed by atoms with Crippen molar-refractivity contribution in [2.75, 3.05) is 28.8 Å². The number of anilines is 1. The van der Waals surface area contributed by atoms with E-state index >= 15 is 0 Å². The minimum absolute atomic E-state index is 0.0108. The molecule has 220 valence electrons. The molecule has 3 aliphatic heterocycles. The van der Waals surface area contributed by atoms with Crippen LogP contribution in [0.5, 0.6) is 0 Å². The molecular formula is C31H52IN5OS. The summed E-state index contributed by atoms with van der Waals surface area (Å²) in [7, 11) is -1.66. The first-order chi connectivity index (χ1) is 18.2. The Morgan fingerprint density at radius 2 is 1.95 bits per heavy atom. The van der Waals surface area contributed by atoms with Gasteiger partial charge in [0.1, 0.15) is 11.6 Å². The van der Waals surface area contributed by atoms with Crippen LogP contribution in [-0.4, -0.2) is 56.9 Å². The lowest BCUT2D eigenvalue weighted by Crippen LogP contribution is -2.55. The summed E-state index contributed by atoms with van der Waals surface area (Å²) in [4.78, 5) is 21.8. The molecule has 2 unspecified atom stereocenters. The van der Waals surface area contributed by atoms with Crippen LogP contribution in [0.2, 0.25) is 0 Å². The number of halogens is 1. The van der Waals surface area contributed by atoms with E-state index in [4.69, 9.17) is 4.98 Å². The van der Waals surface area contributed by atoms with Gasteiger partial charge >= 0.3 is 0 Å². The smallest absolute Gasteiger partial charge is 0.259 e. The molecule has 0 spiro atoms. The lowest BCUT2D eigenvalue weighted by Gasteiger charge is -2.48. The first-order valence-electron chi connectivity index (χ1n) is 14.8. The molecule has 0 aromatic carbocycles. The van der Waals surface area contributed by atoms with Gasteiger partial charge in [0.25, 0.3) is 5.91 Å². The molecule has 1 saturated heterocycles. The van der Waals surface area contributed by atoms with Gasteiger partial charge in [-0.2, -0.15) is 0 Å². The van der Waals surface area contributed by atoms with E-state index in [1.54, 1.807) is 0 Å². The molecule has 4 rings (SSSR count). The molecule has 4 heterocycles. The molecule has 5 atom stereocenters. The van der Waals surface area contributed by atoms with Gasteiger partial charge in [0, 0.05) is 28.6 Å². The first kappa shape index (κ1) is 30.8. The fourth-order valence-corrected chi connectivity index (χ4v) is 8.90. The maximum atomic E-state index is 14.2. The predicted octanol–water partition coefficient (Wildman–Crippen LogP) is 6.93. The van der Waals surface area contributed by atoms with Gasteiger partial charge in [0.2, 0.25) is 0 Å². The molecule has 0 aliphatic carbocycles. The Kier molecular flexibility index (Phi) is 9.17. The van der Waals surface area contributed by atoms with E-state index in [-0.39, 0.29) is 16.9 Å². The molecule has 0 saturated carbocycles. The van der Waals surface area contributed by atoms with Gasteiger partial charge < -0.3 is 20.3 Å². The zero-order valence-electron chi connectivity index (χ0n) is 25.7. The van der Waals surface area contributed by atoms with Crippen molar-refractivity contribution in [3.8, 4) is 0 Å². The van der Waals surface area contributed by atoms with E-state index in [1.807, 2.05) is 0 Å². The zero-order valence-corrected chi connectivity index (χ0v) is 28.6. The summed E-state index contributed by atoms with van der Waals surface area (Å²) in [6, 6.07) is 6.93. The Balaban J connectivity index is 1.81. The quantitative estimate of drug-likeness (QED) is 0.240. The maximum Gasteiger partial charge on any atom is 0.259 e. The molecule has 39 heavy (non-hydrogen) atoms. The van der Waals surface area contributed by atoms with Gasteiger partial charge in [-0.1, -0.05) is 63.3 Å². The summed E-state index contributed by atoms with van der Waals surface area (Å²) in [5, 5.41) is 8.76. The molecule has 6 nitrogen and oxygen atoms in total. The highest BCUT2D eigenvalue weighted by atomic mass is 127. The zero-order chi connectivity index (χ0) is 28.8. The van der Waals surface area contributed by atoms with Crippen LogP contribution in [0, 0.1) is 23.2 Å². The first-order valence-corrected chi connectivity index (χ1v) is 18.8. The van der Waals surface area contributed by atoms with E-state index in [2.05, 4.69) is 122 Å². The van der Waals surface area contributed by atoms with Gasteiger partial charge in [-0.25, -0.2) is 4.98 Å². The monoisotopic (exact) mass is 669 g/mol. The highest BCUT2D eigenvalue weighted by Crippen LogP contribution is 2.47. The molecule has 1 aromatic rings. The average molecular weight is 670 g/mol. The second kappa shape index (κ2) is 11.6. The molecule has 1 amide bonds. The fourth-order valence-electron chi connectivity index (χ4n) is 6.85. The van der Waals surface area contributed by atoms with Crippen molar-refractivity contribution < 1.29 is 4.79 Å². The van der Waals surface area contributed by atoms with Gasteiger partial charge in [-0.15, -0.1) is 10.2 Å². The fraction of sp³-hybridized carbons (Fsp3) is 0.742. The van der Waals surface area contributed by atoms with Crippen molar-refractivity contribution in [3.63, 3.8) is 0 Å². The van der Waals surface area contributed by atoms with Crippen LogP contribution in [0.4, 0.5) is 5.82 Å². The third-order valence-electron chi connectivity index (χ3n) is 9.67. The largest absolute Gasteiger partial charge is 0.368 e. The highest BCUT2D eigenvalue weighted by molar-refractivity contribution is 14.1. The van der Waals surface area contributed by atoms with E-state index in [0.29, 0.717) is 29.8 Å². The van der Waals surface area contributed by atoms with E-state index < -0.39 is 10.2 Å². The number of nitrogens with one attached hydrogen (secondary N) is 3. The van der Waals surface area contributed by atoms with Crippen LogP contribution in [0.1, 0.15) is 80.6 Å². The van der Waals surface area contributed by atoms with Crippen LogP contribution in [-0.2, 0) is 4.79 Å². The number of aromatic nitrogens is 1. The van der Waals surface area contributed by atoms with Crippen molar-refractivity contribution >= 4 is 44.5 Å². The summed E-state index contributed by atoms with van der Waals surface area (Å²) in [5.41, 5.74) is 1.04. The Morgan fingerprint density at radius 3 is 2.62 bits per heavy atom. The van der Waals surface area contributed by atoms with E-state index in [1.165, 1.54) is 6.42 Å². The third kappa shape index (κ3) is 6.52. The molecule has 4 bridgehead atoms. The van der Waals surface area contributed by atoms with Crippen LogP contribution in [0.3, 0.4) is 0 Å². The van der Waals surface area contributed by atoms with Crippen molar-refractivity contribution in [3.05, 3.63) is 29.6 Å². The summed E-state index contributed by atoms with van der Waals surface area (Å²) in [5.74, 6) is 3.56. The second-order valence-electron chi connectivity index (χ2n) is 14.0.